The summed E-state index contributed by atoms with van der Waals surface area (Å²) >= 11 is 1.67. The zero-order chi connectivity index (χ0) is 16.7. The molecule has 1 aliphatic heterocycles. The van der Waals surface area contributed by atoms with Crippen molar-refractivity contribution in [1.82, 2.24) is 15.1 Å². The Balaban J connectivity index is 1.69. The number of carbonyl (C=O) groups is 1. The molecule has 0 radical (unpaired) electrons. The average molecular weight is 337 g/mol. The standard InChI is InChI=1S/C17H28N4OS/c1-14(13-21-9-7-20(2)8-10-21)12-18-17(22)19-15-5-4-6-16(11-15)23-3/h4-6,11,14H,7-10,12-13H2,1-3H3,(H2,18,19,22)/t14-/m1/s1. The summed E-state index contributed by atoms with van der Waals surface area (Å²) < 4.78 is 0. The Bertz CT molecular complexity index is 503. The van der Waals surface area contributed by atoms with Gasteiger partial charge in [0.05, 0.1) is 0 Å². The fourth-order valence-electron chi connectivity index (χ4n) is 2.68. The number of likely N-dealkylation sites (N-methyl/N-ethyl adjacent to an activating group) is 1. The van der Waals surface area contributed by atoms with Gasteiger partial charge in [0.1, 0.15) is 0 Å². The third-order valence-electron chi connectivity index (χ3n) is 4.10. The molecule has 1 saturated heterocycles. The van der Waals surface area contributed by atoms with Crippen LogP contribution >= 0.6 is 11.8 Å². The number of benzene rings is 1. The van der Waals surface area contributed by atoms with Gasteiger partial charge in [-0.15, -0.1) is 11.8 Å². The van der Waals surface area contributed by atoms with Crippen LogP contribution < -0.4 is 10.6 Å². The maximum atomic E-state index is 12.0. The van der Waals surface area contributed by atoms with Crippen LogP contribution in [0.2, 0.25) is 0 Å². The summed E-state index contributed by atoms with van der Waals surface area (Å²) in [6.45, 7) is 8.42. The van der Waals surface area contributed by atoms with Gasteiger partial charge in [0.25, 0.3) is 0 Å². The summed E-state index contributed by atoms with van der Waals surface area (Å²) in [5, 5.41) is 5.87. The maximum absolute atomic E-state index is 12.0. The van der Waals surface area contributed by atoms with E-state index < -0.39 is 0 Å². The highest BCUT2D eigenvalue weighted by atomic mass is 32.2. The van der Waals surface area contributed by atoms with E-state index in [-0.39, 0.29) is 6.03 Å². The summed E-state index contributed by atoms with van der Waals surface area (Å²) in [5.74, 6) is 0.446. The molecule has 1 aromatic carbocycles. The topological polar surface area (TPSA) is 47.6 Å². The molecule has 1 heterocycles. The molecule has 2 N–H and O–H groups in total. The summed E-state index contributed by atoms with van der Waals surface area (Å²) in [6.07, 6.45) is 2.03. The van der Waals surface area contributed by atoms with E-state index in [1.165, 1.54) is 0 Å². The van der Waals surface area contributed by atoms with E-state index in [1.807, 2.05) is 30.5 Å². The van der Waals surface area contributed by atoms with Crippen molar-refractivity contribution in [2.75, 3.05) is 57.9 Å². The van der Waals surface area contributed by atoms with Gasteiger partial charge in [-0.25, -0.2) is 4.79 Å². The molecule has 0 bridgehead atoms. The van der Waals surface area contributed by atoms with E-state index in [2.05, 4.69) is 34.4 Å². The monoisotopic (exact) mass is 336 g/mol. The molecule has 128 valence electrons. The first kappa shape index (κ1) is 18.1. The summed E-state index contributed by atoms with van der Waals surface area (Å²) in [7, 11) is 2.17. The molecular weight excluding hydrogens is 308 g/mol. The van der Waals surface area contributed by atoms with Crippen molar-refractivity contribution in [1.29, 1.82) is 0 Å². The van der Waals surface area contributed by atoms with Crippen LogP contribution in [-0.4, -0.2) is 68.4 Å². The predicted molar refractivity (Wildman–Crippen MR) is 98.3 cm³/mol. The first-order valence-corrected chi connectivity index (χ1v) is 9.39. The first-order valence-electron chi connectivity index (χ1n) is 8.16. The molecule has 2 rings (SSSR count). The lowest BCUT2D eigenvalue weighted by atomic mass is 10.1. The Labute approximate surface area is 143 Å². The van der Waals surface area contributed by atoms with Gasteiger partial charge in [-0.1, -0.05) is 13.0 Å². The zero-order valence-electron chi connectivity index (χ0n) is 14.3. The third kappa shape index (κ3) is 6.41. The van der Waals surface area contributed by atoms with Crippen molar-refractivity contribution in [3.63, 3.8) is 0 Å². The van der Waals surface area contributed by atoms with E-state index in [1.54, 1.807) is 11.8 Å². The van der Waals surface area contributed by atoms with Gasteiger partial charge in [-0.3, -0.25) is 0 Å². The molecule has 1 atom stereocenters. The molecule has 2 amide bonds. The highest BCUT2D eigenvalue weighted by Gasteiger charge is 2.16. The summed E-state index contributed by atoms with van der Waals surface area (Å²) in [5.41, 5.74) is 0.834. The van der Waals surface area contributed by atoms with Gasteiger partial charge in [-0.2, -0.15) is 0 Å². The Kier molecular flexibility index (Phi) is 7.20. The number of hydrogen-bond acceptors (Lipinski definition) is 4. The second kappa shape index (κ2) is 9.15. The van der Waals surface area contributed by atoms with Gasteiger partial charge in [0.15, 0.2) is 0 Å². The van der Waals surface area contributed by atoms with Crippen LogP contribution in [0.4, 0.5) is 10.5 Å². The van der Waals surface area contributed by atoms with Crippen LogP contribution in [0.25, 0.3) is 0 Å². The minimum Gasteiger partial charge on any atom is -0.338 e. The Morgan fingerprint density at radius 2 is 2.04 bits per heavy atom. The minimum absolute atomic E-state index is 0.131. The molecule has 23 heavy (non-hydrogen) atoms. The second-order valence-electron chi connectivity index (χ2n) is 6.28. The van der Waals surface area contributed by atoms with Gasteiger partial charge in [0, 0.05) is 49.9 Å². The Morgan fingerprint density at radius 3 is 2.74 bits per heavy atom. The third-order valence-corrected chi connectivity index (χ3v) is 4.83. The van der Waals surface area contributed by atoms with Gasteiger partial charge < -0.3 is 20.4 Å². The van der Waals surface area contributed by atoms with Crippen LogP contribution in [0.3, 0.4) is 0 Å². The van der Waals surface area contributed by atoms with Gasteiger partial charge in [0.2, 0.25) is 0 Å². The number of thioether (sulfide) groups is 1. The predicted octanol–water partition coefficient (Wildman–Crippen LogP) is 2.41. The Morgan fingerprint density at radius 1 is 1.30 bits per heavy atom. The van der Waals surface area contributed by atoms with Crippen molar-refractivity contribution in [3.8, 4) is 0 Å². The molecule has 1 fully saturated rings. The van der Waals surface area contributed by atoms with Gasteiger partial charge >= 0.3 is 6.03 Å². The number of amides is 2. The van der Waals surface area contributed by atoms with Gasteiger partial charge in [-0.05, 0) is 37.4 Å². The molecule has 0 aromatic heterocycles. The molecule has 6 heteroatoms. The van der Waals surface area contributed by atoms with Crippen molar-refractivity contribution in [2.45, 2.75) is 11.8 Å². The number of hydrogen-bond donors (Lipinski definition) is 2. The molecule has 5 nitrogen and oxygen atoms in total. The highest BCUT2D eigenvalue weighted by molar-refractivity contribution is 7.98. The van der Waals surface area contributed by atoms with Crippen molar-refractivity contribution < 1.29 is 4.79 Å². The number of nitrogens with zero attached hydrogens (tertiary/aromatic N) is 2. The fourth-order valence-corrected chi connectivity index (χ4v) is 3.14. The number of carbonyl (C=O) groups excluding carboxylic acids is 1. The minimum atomic E-state index is -0.131. The lowest BCUT2D eigenvalue weighted by Gasteiger charge is -2.33. The Hall–Kier alpha value is -1.24. The van der Waals surface area contributed by atoms with Crippen LogP contribution in [0.1, 0.15) is 6.92 Å². The quantitative estimate of drug-likeness (QED) is 0.783. The number of rotatable bonds is 6. The second-order valence-corrected chi connectivity index (χ2v) is 7.16. The van der Waals surface area contributed by atoms with E-state index >= 15 is 0 Å². The maximum Gasteiger partial charge on any atom is 0.319 e. The number of urea groups is 1. The molecule has 0 unspecified atom stereocenters. The van der Waals surface area contributed by atoms with E-state index in [9.17, 15) is 4.79 Å². The smallest absolute Gasteiger partial charge is 0.319 e. The van der Waals surface area contributed by atoms with Crippen molar-refractivity contribution >= 4 is 23.5 Å². The van der Waals surface area contributed by atoms with Crippen LogP contribution in [0.15, 0.2) is 29.2 Å². The SMILES string of the molecule is CSc1cccc(NC(=O)NC[C@@H](C)CN2CCN(C)CC2)c1. The average Bonchev–Trinajstić information content (AvgIpc) is 2.55. The largest absolute Gasteiger partial charge is 0.338 e. The molecule has 0 spiro atoms. The normalized spacial score (nSPS) is 17.7. The number of nitrogens with one attached hydrogen (secondary N) is 2. The fraction of sp³-hybridized carbons (Fsp3) is 0.588. The lowest BCUT2D eigenvalue weighted by molar-refractivity contribution is 0.138. The molecule has 1 aromatic rings. The zero-order valence-corrected chi connectivity index (χ0v) is 15.2. The van der Waals surface area contributed by atoms with E-state index in [0.29, 0.717) is 12.5 Å². The molecule has 0 aliphatic carbocycles. The van der Waals surface area contributed by atoms with E-state index in [4.69, 9.17) is 0 Å². The molecule has 0 saturated carbocycles. The lowest BCUT2D eigenvalue weighted by Crippen LogP contribution is -2.47. The summed E-state index contributed by atoms with van der Waals surface area (Å²) in [6, 6.07) is 7.75. The van der Waals surface area contributed by atoms with Crippen molar-refractivity contribution in [2.24, 2.45) is 5.92 Å². The number of anilines is 1. The highest BCUT2D eigenvalue weighted by Crippen LogP contribution is 2.18. The number of piperazine rings is 1. The van der Waals surface area contributed by atoms with Crippen molar-refractivity contribution in [3.05, 3.63) is 24.3 Å². The van der Waals surface area contributed by atoms with Crippen LogP contribution in [0.5, 0.6) is 0 Å². The first-order chi connectivity index (χ1) is 11.1. The van der Waals surface area contributed by atoms with Crippen LogP contribution in [-0.2, 0) is 0 Å². The molecular formula is C17H28N4OS. The van der Waals surface area contributed by atoms with E-state index in [0.717, 1.165) is 43.3 Å². The summed E-state index contributed by atoms with van der Waals surface area (Å²) in [4.78, 5) is 18.0. The molecule has 1 aliphatic rings. The van der Waals surface area contributed by atoms with Crippen LogP contribution in [0, 0.1) is 5.92 Å².